The fourth-order valence-corrected chi connectivity index (χ4v) is 5.60. The van der Waals surface area contributed by atoms with Gasteiger partial charge in [-0.1, -0.05) is 11.6 Å². The third-order valence-electron chi connectivity index (χ3n) is 5.69. The fraction of sp³-hybridized carbons (Fsp3) is 0.429. The van der Waals surface area contributed by atoms with Gasteiger partial charge in [0.2, 0.25) is 0 Å². The second-order valence-electron chi connectivity index (χ2n) is 7.75. The van der Waals surface area contributed by atoms with E-state index in [1.165, 1.54) is 18.4 Å². The summed E-state index contributed by atoms with van der Waals surface area (Å²) in [6, 6.07) is 7.85. The molecule has 0 saturated carbocycles. The lowest BCUT2D eigenvalue weighted by Gasteiger charge is -2.36. The maximum Gasteiger partial charge on any atom is 0.175 e. The molecule has 0 bridgehead atoms. The predicted molar refractivity (Wildman–Crippen MR) is 111 cm³/mol. The highest BCUT2D eigenvalue weighted by Gasteiger charge is 2.40. The van der Waals surface area contributed by atoms with Crippen LogP contribution in [-0.2, 0) is 16.3 Å². The maximum atomic E-state index is 14.1. The zero-order valence-corrected chi connectivity index (χ0v) is 18.0. The van der Waals surface area contributed by atoms with E-state index in [4.69, 9.17) is 16.3 Å². The molecule has 0 amide bonds. The second kappa shape index (κ2) is 7.87. The van der Waals surface area contributed by atoms with Crippen molar-refractivity contribution in [1.29, 1.82) is 0 Å². The van der Waals surface area contributed by atoms with Crippen molar-refractivity contribution in [3.05, 3.63) is 57.9 Å². The number of rotatable bonds is 4. The van der Waals surface area contributed by atoms with Crippen molar-refractivity contribution in [2.24, 2.45) is 0 Å². The average molecular weight is 439 g/mol. The van der Waals surface area contributed by atoms with E-state index >= 15 is 0 Å². The van der Waals surface area contributed by atoms with E-state index in [1.807, 2.05) is 0 Å². The quantitative estimate of drug-likeness (QED) is 0.794. The van der Waals surface area contributed by atoms with Gasteiger partial charge < -0.3 is 10.1 Å². The minimum Gasteiger partial charge on any atom is -0.484 e. The molecule has 1 aliphatic heterocycles. The lowest BCUT2D eigenvalue weighted by atomic mass is 10.1. The molecule has 0 radical (unpaired) electrons. The van der Waals surface area contributed by atoms with Crippen molar-refractivity contribution < 1.29 is 17.5 Å². The average Bonchev–Trinajstić information content (AvgIpc) is 3.00. The van der Waals surface area contributed by atoms with Crippen LogP contribution in [0.3, 0.4) is 0 Å². The first-order chi connectivity index (χ1) is 13.7. The van der Waals surface area contributed by atoms with Gasteiger partial charge in [0.15, 0.2) is 9.84 Å². The van der Waals surface area contributed by atoms with Gasteiger partial charge in [-0.25, -0.2) is 12.8 Å². The Hall–Kier alpha value is -1.67. The van der Waals surface area contributed by atoms with Crippen LogP contribution in [0.4, 0.5) is 4.39 Å². The summed E-state index contributed by atoms with van der Waals surface area (Å²) in [5, 5.41) is 3.77. The van der Waals surface area contributed by atoms with Gasteiger partial charge in [-0.05, 0) is 54.8 Å². The summed E-state index contributed by atoms with van der Waals surface area (Å²) in [4.78, 5) is 2.64. The first kappa shape index (κ1) is 20.6. The third kappa shape index (κ3) is 4.14. The van der Waals surface area contributed by atoms with Crippen molar-refractivity contribution in [3.8, 4) is 5.75 Å². The molecule has 5 nitrogen and oxygen atoms in total. The molecule has 4 rings (SSSR count). The Morgan fingerprint density at radius 2 is 1.93 bits per heavy atom. The van der Waals surface area contributed by atoms with E-state index in [2.05, 4.69) is 10.2 Å². The van der Waals surface area contributed by atoms with Gasteiger partial charge in [0.1, 0.15) is 17.7 Å². The number of hydrogen-bond acceptors (Lipinski definition) is 5. The van der Waals surface area contributed by atoms with Crippen LogP contribution in [0.1, 0.15) is 22.8 Å². The summed E-state index contributed by atoms with van der Waals surface area (Å²) in [5.41, 5.74) is 2.31. The van der Waals surface area contributed by atoms with E-state index < -0.39 is 9.84 Å². The normalized spacial score (nSPS) is 22.5. The van der Waals surface area contributed by atoms with Crippen molar-refractivity contribution in [2.45, 2.75) is 30.4 Å². The summed E-state index contributed by atoms with van der Waals surface area (Å²) in [7, 11) is -3.30. The Balaban J connectivity index is 1.70. The largest absolute Gasteiger partial charge is 0.484 e. The van der Waals surface area contributed by atoms with Crippen LogP contribution in [0.2, 0.25) is 5.02 Å². The standard InChI is InChI=1S/C21H24ClFN2O3S/c1-13-9-15(3-4-20(13)29(2,26)27)28-21-17-10-14(23)11-18(22)16(17)12-19(21)25-7-5-24-6-8-25/h3-4,9-11,19,21,24H,5-8,12H2,1-2H3. The molecule has 2 aromatic carbocycles. The van der Waals surface area contributed by atoms with Crippen LogP contribution in [0.25, 0.3) is 0 Å². The zero-order chi connectivity index (χ0) is 20.8. The molecule has 29 heavy (non-hydrogen) atoms. The highest BCUT2D eigenvalue weighted by atomic mass is 35.5. The van der Waals surface area contributed by atoms with Gasteiger partial charge in [0.05, 0.1) is 10.9 Å². The van der Waals surface area contributed by atoms with E-state index in [0.29, 0.717) is 22.8 Å². The molecular formula is C21H24ClFN2O3S. The number of sulfone groups is 1. The van der Waals surface area contributed by atoms with Crippen LogP contribution >= 0.6 is 11.6 Å². The minimum atomic E-state index is -3.30. The fourth-order valence-electron chi connectivity index (χ4n) is 4.35. The van der Waals surface area contributed by atoms with E-state index in [9.17, 15) is 12.8 Å². The van der Waals surface area contributed by atoms with Gasteiger partial charge in [-0.3, -0.25) is 4.90 Å². The zero-order valence-electron chi connectivity index (χ0n) is 16.4. The highest BCUT2D eigenvalue weighted by molar-refractivity contribution is 7.90. The number of ether oxygens (including phenoxy) is 1. The number of hydrogen-bond donors (Lipinski definition) is 1. The molecule has 2 aromatic rings. The molecule has 156 valence electrons. The molecule has 2 unspecified atom stereocenters. The highest BCUT2D eigenvalue weighted by Crippen LogP contribution is 2.42. The van der Waals surface area contributed by atoms with Gasteiger partial charge >= 0.3 is 0 Å². The van der Waals surface area contributed by atoms with Crippen molar-refractivity contribution in [2.75, 3.05) is 32.4 Å². The van der Waals surface area contributed by atoms with Crippen LogP contribution < -0.4 is 10.1 Å². The molecule has 1 fully saturated rings. The van der Waals surface area contributed by atoms with Crippen LogP contribution in [0, 0.1) is 12.7 Å². The summed E-state index contributed by atoms with van der Waals surface area (Å²) in [6.45, 7) is 5.29. The van der Waals surface area contributed by atoms with Crippen molar-refractivity contribution in [3.63, 3.8) is 0 Å². The Kier molecular flexibility index (Phi) is 5.59. The molecule has 0 aromatic heterocycles. The molecule has 0 spiro atoms. The molecule has 1 heterocycles. The van der Waals surface area contributed by atoms with Gasteiger partial charge in [-0.2, -0.15) is 0 Å². The van der Waals surface area contributed by atoms with Crippen LogP contribution in [0.15, 0.2) is 35.2 Å². The van der Waals surface area contributed by atoms with Gasteiger partial charge in [0.25, 0.3) is 0 Å². The number of fused-ring (bicyclic) bond motifs is 1. The number of benzene rings is 2. The predicted octanol–water partition coefficient (Wildman–Crippen LogP) is 3.14. The number of halogens is 2. The summed E-state index contributed by atoms with van der Waals surface area (Å²) in [6.07, 6.45) is 1.51. The second-order valence-corrected chi connectivity index (χ2v) is 10.1. The first-order valence-corrected chi connectivity index (χ1v) is 11.9. The SMILES string of the molecule is Cc1cc(OC2c3cc(F)cc(Cl)c3CC2N2CCNCC2)ccc1S(C)(=O)=O. The van der Waals surface area contributed by atoms with Crippen molar-refractivity contribution >= 4 is 21.4 Å². The van der Waals surface area contributed by atoms with E-state index in [0.717, 1.165) is 37.3 Å². The first-order valence-electron chi connectivity index (χ1n) is 9.64. The van der Waals surface area contributed by atoms with Gasteiger partial charge in [-0.15, -0.1) is 0 Å². The third-order valence-corrected chi connectivity index (χ3v) is 7.29. The van der Waals surface area contributed by atoms with Crippen LogP contribution in [-0.4, -0.2) is 51.8 Å². The van der Waals surface area contributed by atoms with Gasteiger partial charge in [0, 0.05) is 43.0 Å². The molecule has 2 aliphatic rings. The summed E-state index contributed by atoms with van der Waals surface area (Å²) in [5.74, 6) is 0.181. The van der Waals surface area contributed by atoms with Crippen molar-refractivity contribution in [1.82, 2.24) is 10.2 Å². The molecule has 1 N–H and O–H groups in total. The lowest BCUT2D eigenvalue weighted by molar-refractivity contribution is 0.0692. The molecular weight excluding hydrogens is 415 g/mol. The molecule has 2 atom stereocenters. The smallest absolute Gasteiger partial charge is 0.175 e. The molecule has 1 aliphatic carbocycles. The minimum absolute atomic E-state index is 0.0429. The Labute approximate surface area is 175 Å². The lowest BCUT2D eigenvalue weighted by Crippen LogP contribution is -2.50. The topological polar surface area (TPSA) is 58.6 Å². The Morgan fingerprint density at radius 1 is 1.21 bits per heavy atom. The Morgan fingerprint density at radius 3 is 2.59 bits per heavy atom. The Bertz CT molecular complexity index is 1040. The van der Waals surface area contributed by atoms with E-state index in [-0.39, 0.29) is 22.9 Å². The number of piperazine rings is 1. The number of aryl methyl sites for hydroxylation is 1. The summed E-state index contributed by atoms with van der Waals surface area (Å²) >= 11 is 6.35. The molecule has 8 heteroatoms. The molecule has 1 saturated heterocycles. The maximum absolute atomic E-state index is 14.1. The monoisotopic (exact) mass is 438 g/mol. The summed E-state index contributed by atoms with van der Waals surface area (Å²) < 4.78 is 44.3. The number of nitrogens with one attached hydrogen (secondary N) is 1. The number of nitrogens with zero attached hydrogens (tertiary/aromatic N) is 1. The van der Waals surface area contributed by atoms with E-state index in [1.54, 1.807) is 25.1 Å². The van der Waals surface area contributed by atoms with Crippen LogP contribution in [0.5, 0.6) is 5.75 Å².